The molecule has 0 aliphatic carbocycles. The molecular weight excluding hydrogens is 482 g/mol. The van der Waals surface area contributed by atoms with Crippen LogP contribution in [0.15, 0.2) is 24.3 Å². The molecule has 0 aliphatic heterocycles. The van der Waals surface area contributed by atoms with E-state index in [1.54, 1.807) is 6.92 Å². The lowest BCUT2D eigenvalue weighted by Gasteiger charge is -2.30. The first-order valence-corrected chi connectivity index (χ1v) is 11.2. The van der Waals surface area contributed by atoms with E-state index in [1.807, 2.05) is 0 Å². The van der Waals surface area contributed by atoms with E-state index in [9.17, 15) is 13.9 Å². The molecule has 196 valence electrons. The Balaban J connectivity index is 2.09. The molecule has 0 bridgehead atoms. The van der Waals surface area contributed by atoms with Gasteiger partial charge < -0.3 is 24.6 Å². The Hall–Kier alpha value is -3.18. The fourth-order valence-corrected chi connectivity index (χ4v) is 3.68. The lowest BCUT2D eigenvalue weighted by atomic mass is 9.91. The van der Waals surface area contributed by atoms with Crippen molar-refractivity contribution in [2.75, 3.05) is 32.8 Å². The Kier molecular flexibility index (Phi) is 7.94. The van der Waals surface area contributed by atoms with Crippen LogP contribution in [0.5, 0.6) is 11.5 Å². The second-order valence-electron chi connectivity index (χ2n) is 8.78. The molecule has 7 nitrogen and oxygen atoms in total. The summed E-state index contributed by atoms with van der Waals surface area (Å²) in [6.45, 7) is 5.17. The third kappa shape index (κ3) is 5.17. The molecule has 1 heterocycles. The minimum atomic E-state index is -3.86. The molecule has 0 radical (unpaired) electrons. The molecule has 1 aromatic heterocycles. The standard InChI is InChI=1S/C25H29F4N3O4/c1-13(15-8-7-9-16(20(15)26)25(28,29)24(3,4)33)30-23-19-17(31-14(2)32-23)12-18(35-6)22(21(19)27)36-11-10-34-5/h7-9,12-13,33H,10-11H2,1-6H3,(H,30,31,32)/t13-/m1/s1. The summed E-state index contributed by atoms with van der Waals surface area (Å²) in [4.78, 5) is 8.53. The third-order valence-electron chi connectivity index (χ3n) is 5.67. The summed E-state index contributed by atoms with van der Waals surface area (Å²) in [6, 6.07) is 4.08. The number of aryl methyl sites for hydroxylation is 1. The highest BCUT2D eigenvalue weighted by atomic mass is 19.3. The highest BCUT2D eigenvalue weighted by molar-refractivity contribution is 5.92. The minimum Gasteiger partial charge on any atom is -0.493 e. The van der Waals surface area contributed by atoms with Crippen molar-refractivity contribution < 1.29 is 36.9 Å². The lowest BCUT2D eigenvalue weighted by molar-refractivity contribution is -0.170. The average Bonchev–Trinajstić information content (AvgIpc) is 2.79. The fraction of sp³-hybridized carbons (Fsp3) is 0.440. The zero-order chi connectivity index (χ0) is 26.8. The summed E-state index contributed by atoms with van der Waals surface area (Å²) >= 11 is 0. The van der Waals surface area contributed by atoms with Gasteiger partial charge in [-0.2, -0.15) is 8.78 Å². The predicted molar refractivity (Wildman–Crippen MR) is 127 cm³/mol. The molecule has 2 aromatic carbocycles. The highest BCUT2D eigenvalue weighted by Crippen LogP contribution is 2.42. The second kappa shape index (κ2) is 10.4. The van der Waals surface area contributed by atoms with Crippen LogP contribution in [0.3, 0.4) is 0 Å². The van der Waals surface area contributed by atoms with E-state index in [2.05, 4.69) is 15.3 Å². The average molecular weight is 512 g/mol. The van der Waals surface area contributed by atoms with Crippen LogP contribution in [-0.4, -0.2) is 48.1 Å². The summed E-state index contributed by atoms with van der Waals surface area (Å²) in [5, 5.41) is 12.8. The van der Waals surface area contributed by atoms with Crippen molar-refractivity contribution in [1.82, 2.24) is 9.97 Å². The zero-order valence-electron chi connectivity index (χ0n) is 20.9. The van der Waals surface area contributed by atoms with E-state index >= 15 is 8.78 Å². The van der Waals surface area contributed by atoms with Gasteiger partial charge in [-0.25, -0.2) is 18.7 Å². The number of aliphatic hydroxyl groups is 1. The van der Waals surface area contributed by atoms with Gasteiger partial charge in [-0.05, 0) is 33.8 Å². The van der Waals surface area contributed by atoms with Crippen molar-refractivity contribution in [3.63, 3.8) is 0 Å². The van der Waals surface area contributed by atoms with Crippen molar-refractivity contribution in [3.8, 4) is 11.5 Å². The molecule has 36 heavy (non-hydrogen) atoms. The number of hydrogen-bond donors (Lipinski definition) is 2. The van der Waals surface area contributed by atoms with Gasteiger partial charge in [0, 0.05) is 18.7 Å². The van der Waals surface area contributed by atoms with Crippen molar-refractivity contribution in [2.45, 2.75) is 45.3 Å². The summed E-state index contributed by atoms with van der Waals surface area (Å²) in [7, 11) is 2.83. The minimum absolute atomic E-state index is 0.0146. The topological polar surface area (TPSA) is 85.7 Å². The van der Waals surface area contributed by atoms with Crippen LogP contribution in [-0.2, 0) is 10.7 Å². The number of benzene rings is 2. The second-order valence-corrected chi connectivity index (χ2v) is 8.78. The van der Waals surface area contributed by atoms with Crippen molar-refractivity contribution in [1.29, 1.82) is 0 Å². The van der Waals surface area contributed by atoms with Gasteiger partial charge in [-0.1, -0.05) is 12.1 Å². The van der Waals surface area contributed by atoms with Gasteiger partial charge in [-0.3, -0.25) is 0 Å². The smallest absolute Gasteiger partial charge is 0.303 e. The Bertz CT molecular complexity index is 1250. The summed E-state index contributed by atoms with van der Waals surface area (Å²) in [6.07, 6.45) is 0. The largest absolute Gasteiger partial charge is 0.493 e. The molecule has 0 fully saturated rings. The van der Waals surface area contributed by atoms with E-state index in [-0.39, 0.29) is 52.8 Å². The predicted octanol–water partition coefficient (Wildman–Crippen LogP) is 5.29. The first-order chi connectivity index (χ1) is 16.8. The Morgan fingerprint density at radius 2 is 1.78 bits per heavy atom. The number of nitrogens with zero attached hydrogens (tertiary/aromatic N) is 2. The molecule has 3 aromatic rings. The lowest BCUT2D eigenvalue weighted by Crippen LogP contribution is -2.41. The van der Waals surface area contributed by atoms with Crippen molar-refractivity contribution in [2.24, 2.45) is 0 Å². The van der Waals surface area contributed by atoms with E-state index in [1.165, 1.54) is 39.3 Å². The molecule has 0 unspecified atom stereocenters. The van der Waals surface area contributed by atoms with Gasteiger partial charge in [0.15, 0.2) is 17.3 Å². The van der Waals surface area contributed by atoms with Crippen LogP contribution in [0.4, 0.5) is 23.4 Å². The molecule has 11 heteroatoms. The molecule has 0 amide bonds. The van der Waals surface area contributed by atoms with E-state index < -0.39 is 34.8 Å². The number of rotatable bonds is 10. The van der Waals surface area contributed by atoms with Crippen LogP contribution in [0, 0.1) is 18.6 Å². The first kappa shape index (κ1) is 27.4. The fourth-order valence-electron chi connectivity index (χ4n) is 3.68. The third-order valence-corrected chi connectivity index (χ3v) is 5.67. The maximum absolute atomic E-state index is 15.7. The van der Waals surface area contributed by atoms with Gasteiger partial charge in [0.05, 0.1) is 36.2 Å². The van der Waals surface area contributed by atoms with E-state index in [0.29, 0.717) is 0 Å². The van der Waals surface area contributed by atoms with Gasteiger partial charge in [0.1, 0.15) is 29.7 Å². The van der Waals surface area contributed by atoms with Crippen LogP contribution >= 0.6 is 0 Å². The highest BCUT2D eigenvalue weighted by Gasteiger charge is 2.49. The molecule has 0 saturated heterocycles. The molecule has 2 N–H and O–H groups in total. The maximum Gasteiger partial charge on any atom is 0.303 e. The number of aromatic nitrogens is 2. The van der Waals surface area contributed by atoms with Gasteiger partial charge in [-0.15, -0.1) is 0 Å². The number of ether oxygens (including phenoxy) is 3. The molecule has 0 saturated carbocycles. The SMILES string of the molecule is COCCOc1c(OC)cc2nc(C)nc(N[C@H](C)c3cccc(C(F)(F)C(C)(C)O)c3F)c2c1F. The normalized spacial score (nSPS) is 13.1. The van der Waals surface area contributed by atoms with Crippen LogP contribution < -0.4 is 14.8 Å². The Morgan fingerprint density at radius 3 is 2.39 bits per heavy atom. The summed E-state index contributed by atoms with van der Waals surface area (Å²) in [5.74, 6) is -5.62. The molecular formula is C25H29F4N3O4. The monoisotopic (exact) mass is 511 g/mol. The Morgan fingerprint density at radius 1 is 1.08 bits per heavy atom. The number of nitrogens with one attached hydrogen (secondary N) is 1. The maximum atomic E-state index is 15.7. The zero-order valence-corrected chi connectivity index (χ0v) is 20.9. The number of halogens is 4. The number of anilines is 1. The number of fused-ring (bicyclic) bond motifs is 1. The van der Waals surface area contributed by atoms with E-state index in [0.717, 1.165) is 19.9 Å². The molecule has 0 spiro atoms. The number of hydrogen-bond acceptors (Lipinski definition) is 7. The van der Waals surface area contributed by atoms with Gasteiger partial charge in [0.25, 0.3) is 0 Å². The quantitative estimate of drug-likeness (QED) is 0.283. The molecule has 3 rings (SSSR count). The van der Waals surface area contributed by atoms with Crippen molar-refractivity contribution in [3.05, 3.63) is 52.9 Å². The van der Waals surface area contributed by atoms with Gasteiger partial charge >= 0.3 is 5.92 Å². The van der Waals surface area contributed by atoms with Crippen molar-refractivity contribution >= 4 is 16.7 Å². The summed E-state index contributed by atoms with van der Waals surface area (Å²) < 4.78 is 76.1. The Labute approximate surface area is 206 Å². The first-order valence-electron chi connectivity index (χ1n) is 11.2. The van der Waals surface area contributed by atoms with Crippen LogP contribution in [0.2, 0.25) is 0 Å². The van der Waals surface area contributed by atoms with Crippen LogP contribution in [0.25, 0.3) is 10.9 Å². The van der Waals surface area contributed by atoms with Gasteiger partial charge in [0.2, 0.25) is 0 Å². The number of methoxy groups -OCH3 is 2. The molecule has 1 atom stereocenters. The number of alkyl halides is 2. The molecule has 0 aliphatic rings. The van der Waals surface area contributed by atoms with Crippen LogP contribution in [0.1, 0.15) is 43.8 Å². The van der Waals surface area contributed by atoms with E-state index in [4.69, 9.17) is 14.2 Å². The summed E-state index contributed by atoms with van der Waals surface area (Å²) in [5.41, 5.74) is -3.36.